The van der Waals surface area contributed by atoms with Crippen molar-refractivity contribution in [2.75, 3.05) is 0 Å². The largest absolute Gasteiger partial charge is 0.276 e. The van der Waals surface area contributed by atoms with Gasteiger partial charge in [0.1, 0.15) is 5.82 Å². The summed E-state index contributed by atoms with van der Waals surface area (Å²) in [6.45, 7) is 0. The SMILES string of the molecule is Fc1ccc(C2=CN=C(c3[nH]ncc3/C=C/c3cccnc3)C2)cc1. The van der Waals surface area contributed by atoms with Gasteiger partial charge in [-0.25, -0.2) is 4.39 Å². The molecule has 25 heavy (non-hydrogen) atoms. The number of nitrogens with one attached hydrogen (secondary N) is 1. The zero-order chi connectivity index (χ0) is 17.1. The van der Waals surface area contributed by atoms with E-state index in [0.717, 1.165) is 33.7 Å². The Morgan fingerprint density at radius 2 is 1.92 bits per heavy atom. The van der Waals surface area contributed by atoms with E-state index in [-0.39, 0.29) is 5.82 Å². The van der Waals surface area contributed by atoms with Crippen molar-refractivity contribution in [2.45, 2.75) is 6.42 Å². The summed E-state index contributed by atoms with van der Waals surface area (Å²) in [6, 6.07) is 10.4. The van der Waals surface area contributed by atoms with Crippen LogP contribution in [-0.4, -0.2) is 20.9 Å². The fourth-order valence-corrected chi connectivity index (χ4v) is 2.73. The van der Waals surface area contributed by atoms with Gasteiger partial charge < -0.3 is 0 Å². The number of aromatic amines is 1. The van der Waals surface area contributed by atoms with Crippen molar-refractivity contribution in [3.8, 4) is 0 Å². The molecule has 0 fully saturated rings. The number of halogens is 1. The average molecular weight is 330 g/mol. The molecule has 0 amide bonds. The molecule has 4 nitrogen and oxygen atoms in total. The van der Waals surface area contributed by atoms with Gasteiger partial charge in [-0.1, -0.05) is 30.4 Å². The number of benzene rings is 1. The standard InChI is InChI=1S/C20H15FN4/c21-18-7-5-15(6-8-18)17-10-19(23-12-17)20-16(13-24-25-20)4-3-14-2-1-9-22-11-14/h1-9,11-13H,10H2,(H,24,25)/b4-3+. The van der Waals surface area contributed by atoms with Crippen molar-refractivity contribution in [3.63, 3.8) is 0 Å². The molecule has 0 radical (unpaired) electrons. The number of nitrogens with zero attached hydrogens (tertiary/aromatic N) is 3. The summed E-state index contributed by atoms with van der Waals surface area (Å²) in [5.74, 6) is -0.236. The van der Waals surface area contributed by atoms with Gasteiger partial charge in [0.05, 0.1) is 17.6 Å². The summed E-state index contributed by atoms with van der Waals surface area (Å²) in [5, 5.41) is 7.17. The van der Waals surface area contributed by atoms with Crippen LogP contribution in [0.2, 0.25) is 0 Å². The van der Waals surface area contributed by atoms with E-state index in [1.54, 1.807) is 30.7 Å². The van der Waals surface area contributed by atoms with Crippen LogP contribution in [0, 0.1) is 5.82 Å². The van der Waals surface area contributed by atoms with Crippen LogP contribution in [-0.2, 0) is 0 Å². The fraction of sp³-hybridized carbons (Fsp3) is 0.0500. The first kappa shape index (κ1) is 15.2. The summed E-state index contributed by atoms with van der Waals surface area (Å²) >= 11 is 0. The van der Waals surface area contributed by atoms with Crippen LogP contribution in [0.1, 0.15) is 28.8 Å². The van der Waals surface area contributed by atoms with Crippen LogP contribution < -0.4 is 0 Å². The second-order valence-corrected chi connectivity index (χ2v) is 5.73. The van der Waals surface area contributed by atoms with Crippen molar-refractivity contribution >= 4 is 23.4 Å². The normalized spacial score (nSPS) is 14.0. The van der Waals surface area contributed by atoms with Gasteiger partial charge in [0, 0.05) is 30.6 Å². The van der Waals surface area contributed by atoms with Crippen LogP contribution >= 0.6 is 0 Å². The zero-order valence-electron chi connectivity index (χ0n) is 13.4. The zero-order valence-corrected chi connectivity index (χ0v) is 13.4. The third kappa shape index (κ3) is 3.30. The Balaban J connectivity index is 1.52. The Kier molecular flexibility index (Phi) is 4.04. The van der Waals surface area contributed by atoms with Gasteiger partial charge in [-0.2, -0.15) is 5.10 Å². The molecule has 0 saturated heterocycles. The molecule has 0 unspecified atom stereocenters. The Bertz CT molecular complexity index is 966. The second-order valence-electron chi connectivity index (χ2n) is 5.73. The van der Waals surface area contributed by atoms with Gasteiger partial charge in [-0.3, -0.25) is 15.1 Å². The molecule has 4 rings (SSSR count). The fourth-order valence-electron chi connectivity index (χ4n) is 2.73. The smallest absolute Gasteiger partial charge is 0.123 e. The summed E-state index contributed by atoms with van der Waals surface area (Å²) in [6.07, 6.45) is 11.8. The van der Waals surface area contributed by atoms with Crippen molar-refractivity contribution in [1.29, 1.82) is 0 Å². The molecule has 3 heterocycles. The predicted molar refractivity (Wildman–Crippen MR) is 97.3 cm³/mol. The molecule has 0 atom stereocenters. The number of aromatic nitrogens is 3. The van der Waals surface area contributed by atoms with Crippen molar-refractivity contribution < 1.29 is 4.39 Å². The molecule has 1 N–H and O–H groups in total. The highest BCUT2D eigenvalue weighted by Crippen LogP contribution is 2.27. The molecule has 1 aliphatic rings. The molecule has 3 aromatic rings. The molecule has 2 aromatic heterocycles. The van der Waals surface area contributed by atoms with Crippen LogP contribution in [0.15, 0.2) is 66.2 Å². The van der Waals surface area contributed by atoms with Gasteiger partial charge >= 0.3 is 0 Å². The molecule has 122 valence electrons. The lowest BCUT2D eigenvalue weighted by molar-refractivity contribution is 0.627. The molecule has 0 bridgehead atoms. The van der Waals surface area contributed by atoms with E-state index in [9.17, 15) is 4.39 Å². The number of hydrogen-bond donors (Lipinski definition) is 1. The van der Waals surface area contributed by atoms with E-state index >= 15 is 0 Å². The lowest BCUT2D eigenvalue weighted by Crippen LogP contribution is -2.01. The predicted octanol–water partition coefficient (Wildman–Crippen LogP) is 4.35. The highest BCUT2D eigenvalue weighted by molar-refractivity contribution is 6.10. The molecule has 0 aliphatic carbocycles. The number of aliphatic imine (C=N–C) groups is 1. The lowest BCUT2D eigenvalue weighted by Gasteiger charge is -2.03. The molecule has 0 saturated carbocycles. The van der Waals surface area contributed by atoms with Crippen LogP contribution in [0.4, 0.5) is 4.39 Å². The summed E-state index contributed by atoms with van der Waals surface area (Å²) in [4.78, 5) is 8.62. The maximum absolute atomic E-state index is 13.1. The highest BCUT2D eigenvalue weighted by atomic mass is 19.1. The van der Waals surface area contributed by atoms with Crippen LogP contribution in [0.25, 0.3) is 17.7 Å². The number of rotatable bonds is 4. The van der Waals surface area contributed by atoms with E-state index in [1.807, 2.05) is 30.5 Å². The first-order valence-electron chi connectivity index (χ1n) is 7.93. The van der Waals surface area contributed by atoms with E-state index in [1.165, 1.54) is 12.1 Å². The minimum Gasteiger partial charge on any atom is -0.276 e. The highest BCUT2D eigenvalue weighted by Gasteiger charge is 2.17. The summed E-state index contributed by atoms with van der Waals surface area (Å²) in [7, 11) is 0. The van der Waals surface area contributed by atoms with Crippen LogP contribution in [0.3, 0.4) is 0 Å². The molecular formula is C20H15FN4. The molecule has 1 aromatic carbocycles. The number of allylic oxidation sites excluding steroid dienone is 1. The summed E-state index contributed by atoms with van der Waals surface area (Å²) in [5.41, 5.74) is 5.85. The molecular weight excluding hydrogens is 315 g/mol. The van der Waals surface area contributed by atoms with Gasteiger partial charge in [0.25, 0.3) is 0 Å². The van der Waals surface area contributed by atoms with Crippen molar-refractivity contribution in [2.24, 2.45) is 4.99 Å². The number of hydrogen-bond acceptors (Lipinski definition) is 3. The van der Waals surface area contributed by atoms with Gasteiger partial charge in [0.2, 0.25) is 0 Å². The first-order chi connectivity index (χ1) is 12.3. The summed E-state index contributed by atoms with van der Waals surface area (Å²) < 4.78 is 13.1. The maximum atomic E-state index is 13.1. The second kappa shape index (κ2) is 6.65. The van der Waals surface area contributed by atoms with Gasteiger partial charge in [-0.05, 0) is 34.9 Å². The van der Waals surface area contributed by atoms with E-state index in [2.05, 4.69) is 20.2 Å². The minimum absolute atomic E-state index is 0.236. The quantitative estimate of drug-likeness (QED) is 0.773. The van der Waals surface area contributed by atoms with Gasteiger partial charge in [0.15, 0.2) is 0 Å². The third-order valence-corrected chi connectivity index (χ3v) is 4.05. The number of H-pyrrole nitrogens is 1. The Morgan fingerprint density at radius 1 is 1.04 bits per heavy atom. The topological polar surface area (TPSA) is 53.9 Å². The minimum atomic E-state index is -0.236. The number of pyridine rings is 1. The molecule has 1 aliphatic heterocycles. The first-order valence-corrected chi connectivity index (χ1v) is 7.93. The Hall–Kier alpha value is -3.34. The van der Waals surface area contributed by atoms with Crippen molar-refractivity contribution in [1.82, 2.24) is 15.2 Å². The van der Waals surface area contributed by atoms with E-state index in [0.29, 0.717) is 6.42 Å². The van der Waals surface area contributed by atoms with E-state index in [4.69, 9.17) is 0 Å². The molecule has 0 spiro atoms. The van der Waals surface area contributed by atoms with Crippen LogP contribution in [0.5, 0.6) is 0 Å². The molecule has 5 heteroatoms. The average Bonchev–Trinajstić information content (AvgIpc) is 3.30. The van der Waals surface area contributed by atoms with Crippen molar-refractivity contribution in [3.05, 3.63) is 89.4 Å². The van der Waals surface area contributed by atoms with E-state index < -0.39 is 0 Å². The third-order valence-electron chi connectivity index (χ3n) is 4.05. The lowest BCUT2D eigenvalue weighted by atomic mass is 10.0. The van der Waals surface area contributed by atoms with Gasteiger partial charge in [-0.15, -0.1) is 0 Å². The Morgan fingerprint density at radius 3 is 2.72 bits per heavy atom. The maximum Gasteiger partial charge on any atom is 0.123 e. The Labute approximate surface area is 144 Å². The monoisotopic (exact) mass is 330 g/mol.